The number of hydrogen-bond donors (Lipinski definition) is 0. The van der Waals surface area contributed by atoms with Crippen LogP contribution in [0, 0.1) is 0 Å². The zero-order valence-electron chi connectivity index (χ0n) is 15.0. The molecular formula is C19H28F3NO. The van der Waals surface area contributed by atoms with Crippen LogP contribution in [0.4, 0.5) is 13.2 Å². The van der Waals surface area contributed by atoms with Gasteiger partial charge in [0.2, 0.25) is 0 Å². The number of methoxy groups -OCH3 is 1. The van der Waals surface area contributed by atoms with Crippen molar-refractivity contribution in [2.75, 3.05) is 20.3 Å². The number of nitrogens with zero attached hydrogens (tertiary/aromatic N) is 1. The average molecular weight is 343 g/mol. The predicted octanol–water partition coefficient (Wildman–Crippen LogP) is 4.87. The summed E-state index contributed by atoms with van der Waals surface area (Å²) in [5.74, 6) is 0. The molecule has 5 heteroatoms. The number of likely N-dealkylation sites (tertiary alicyclic amines) is 1. The van der Waals surface area contributed by atoms with Crippen molar-refractivity contribution in [3.63, 3.8) is 0 Å². The third-order valence-corrected chi connectivity index (χ3v) is 5.15. The molecule has 136 valence electrons. The molecule has 1 fully saturated rings. The lowest BCUT2D eigenvalue weighted by molar-refractivity contribution is -0.137. The molecule has 2 nitrogen and oxygen atoms in total. The Morgan fingerprint density at radius 2 is 1.75 bits per heavy atom. The van der Waals surface area contributed by atoms with Gasteiger partial charge in [-0.15, -0.1) is 0 Å². The van der Waals surface area contributed by atoms with E-state index in [9.17, 15) is 13.2 Å². The maximum atomic E-state index is 12.7. The SMILES string of the molecule is COC[C@H]1CCCN1[C@@H](C)CC(C)(C)c1ccc(C(F)(F)F)cc1. The second-order valence-electron chi connectivity index (χ2n) is 7.50. The maximum absolute atomic E-state index is 12.7. The van der Waals surface area contributed by atoms with Gasteiger partial charge >= 0.3 is 6.18 Å². The Morgan fingerprint density at radius 1 is 1.17 bits per heavy atom. The van der Waals surface area contributed by atoms with E-state index in [1.165, 1.54) is 18.6 Å². The molecule has 2 atom stereocenters. The Bertz CT molecular complexity index is 524. The Balaban J connectivity index is 2.07. The van der Waals surface area contributed by atoms with Gasteiger partial charge in [0.25, 0.3) is 0 Å². The largest absolute Gasteiger partial charge is 0.416 e. The number of hydrogen-bond acceptors (Lipinski definition) is 2. The van der Waals surface area contributed by atoms with E-state index >= 15 is 0 Å². The van der Waals surface area contributed by atoms with Gasteiger partial charge in [0.15, 0.2) is 0 Å². The van der Waals surface area contributed by atoms with Gasteiger partial charge in [-0.05, 0) is 55.8 Å². The van der Waals surface area contributed by atoms with Gasteiger partial charge in [0.1, 0.15) is 0 Å². The van der Waals surface area contributed by atoms with Crippen molar-refractivity contribution in [1.82, 2.24) is 4.90 Å². The minimum atomic E-state index is -4.28. The first-order valence-electron chi connectivity index (χ1n) is 8.57. The van der Waals surface area contributed by atoms with Crippen LogP contribution < -0.4 is 0 Å². The molecule has 0 unspecified atom stereocenters. The molecule has 1 aliphatic heterocycles. The Hall–Kier alpha value is -1.07. The van der Waals surface area contributed by atoms with E-state index in [4.69, 9.17) is 4.74 Å². The first-order chi connectivity index (χ1) is 11.1. The van der Waals surface area contributed by atoms with E-state index in [1.807, 2.05) is 0 Å². The van der Waals surface area contributed by atoms with E-state index in [0.717, 1.165) is 31.6 Å². The van der Waals surface area contributed by atoms with Crippen LogP contribution in [0.25, 0.3) is 0 Å². The molecule has 0 aromatic heterocycles. The van der Waals surface area contributed by atoms with E-state index in [0.29, 0.717) is 12.1 Å². The first-order valence-corrected chi connectivity index (χ1v) is 8.57. The molecule has 0 bridgehead atoms. The highest BCUT2D eigenvalue weighted by atomic mass is 19.4. The summed E-state index contributed by atoms with van der Waals surface area (Å²) in [5, 5.41) is 0. The van der Waals surface area contributed by atoms with Crippen molar-refractivity contribution in [2.45, 2.75) is 63.7 Å². The normalized spacial score (nSPS) is 21.2. The Kier molecular flexibility index (Phi) is 5.97. The monoisotopic (exact) mass is 343 g/mol. The fraction of sp³-hybridized carbons (Fsp3) is 0.684. The highest BCUT2D eigenvalue weighted by molar-refractivity contribution is 5.29. The molecule has 0 aliphatic carbocycles. The highest BCUT2D eigenvalue weighted by Crippen LogP contribution is 2.35. The minimum Gasteiger partial charge on any atom is -0.383 e. The van der Waals surface area contributed by atoms with Crippen molar-refractivity contribution in [1.29, 1.82) is 0 Å². The van der Waals surface area contributed by atoms with Crippen LogP contribution in [-0.2, 0) is 16.3 Å². The molecule has 1 saturated heterocycles. The number of ether oxygens (including phenoxy) is 1. The topological polar surface area (TPSA) is 12.5 Å². The molecule has 1 aromatic carbocycles. The van der Waals surface area contributed by atoms with Gasteiger partial charge in [-0.1, -0.05) is 26.0 Å². The van der Waals surface area contributed by atoms with Gasteiger partial charge in [-0.25, -0.2) is 0 Å². The quantitative estimate of drug-likeness (QED) is 0.730. The van der Waals surface area contributed by atoms with E-state index in [-0.39, 0.29) is 5.41 Å². The van der Waals surface area contributed by atoms with Crippen molar-refractivity contribution < 1.29 is 17.9 Å². The van der Waals surface area contributed by atoms with Gasteiger partial charge in [-0.2, -0.15) is 13.2 Å². The molecule has 0 saturated carbocycles. The third-order valence-electron chi connectivity index (χ3n) is 5.15. The first kappa shape index (κ1) is 19.3. The van der Waals surface area contributed by atoms with Crippen molar-refractivity contribution in [3.05, 3.63) is 35.4 Å². The summed E-state index contributed by atoms with van der Waals surface area (Å²) in [6, 6.07) is 6.42. The summed E-state index contributed by atoms with van der Waals surface area (Å²) < 4.78 is 43.5. The number of alkyl halides is 3. The molecular weight excluding hydrogens is 315 g/mol. The fourth-order valence-electron chi connectivity index (χ4n) is 3.89. The predicted molar refractivity (Wildman–Crippen MR) is 90.2 cm³/mol. The summed E-state index contributed by atoms with van der Waals surface area (Å²) in [7, 11) is 1.73. The Labute approximate surface area is 143 Å². The maximum Gasteiger partial charge on any atom is 0.416 e. The minimum absolute atomic E-state index is 0.177. The zero-order valence-corrected chi connectivity index (χ0v) is 15.0. The summed E-state index contributed by atoms with van der Waals surface area (Å²) in [5.41, 5.74) is 0.184. The van der Waals surface area contributed by atoms with Crippen LogP contribution in [0.15, 0.2) is 24.3 Å². The van der Waals surface area contributed by atoms with Crippen LogP contribution in [0.2, 0.25) is 0 Å². The second-order valence-corrected chi connectivity index (χ2v) is 7.50. The molecule has 1 heterocycles. The van der Waals surface area contributed by atoms with Crippen LogP contribution in [-0.4, -0.2) is 37.2 Å². The van der Waals surface area contributed by atoms with Gasteiger partial charge in [0, 0.05) is 19.2 Å². The summed E-state index contributed by atoms with van der Waals surface area (Å²) in [6.45, 7) is 8.23. The van der Waals surface area contributed by atoms with Crippen LogP contribution in [0.3, 0.4) is 0 Å². The average Bonchev–Trinajstić information content (AvgIpc) is 2.95. The molecule has 0 spiro atoms. The van der Waals surface area contributed by atoms with E-state index in [1.54, 1.807) is 19.2 Å². The molecule has 24 heavy (non-hydrogen) atoms. The van der Waals surface area contributed by atoms with Crippen LogP contribution in [0.5, 0.6) is 0 Å². The lowest BCUT2D eigenvalue weighted by Crippen LogP contribution is -2.42. The van der Waals surface area contributed by atoms with Gasteiger partial charge in [0.05, 0.1) is 12.2 Å². The number of rotatable bonds is 6. The molecule has 0 radical (unpaired) electrons. The second kappa shape index (κ2) is 7.44. The summed E-state index contributed by atoms with van der Waals surface area (Å²) in [4.78, 5) is 2.48. The lowest BCUT2D eigenvalue weighted by Gasteiger charge is -2.36. The lowest BCUT2D eigenvalue weighted by atomic mass is 9.78. The molecule has 2 rings (SSSR count). The third kappa shape index (κ3) is 4.51. The fourth-order valence-corrected chi connectivity index (χ4v) is 3.89. The smallest absolute Gasteiger partial charge is 0.383 e. The van der Waals surface area contributed by atoms with Crippen molar-refractivity contribution in [2.24, 2.45) is 0 Å². The van der Waals surface area contributed by atoms with Crippen LogP contribution >= 0.6 is 0 Å². The molecule has 0 N–H and O–H groups in total. The summed E-state index contributed by atoms with van der Waals surface area (Å²) >= 11 is 0. The summed E-state index contributed by atoms with van der Waals surface area (Å²) in [6.07, 6.45) is -1.05. The molecule has 0 amide bonds. The zero-order chi connectivity index (χ0) is 18.0. The molecule has 1 aliphatic rings. The number of halogens is 3. The number of benzene rings is 1. The van der Waals surface area contributed by atoms with E-state index < -0.39 is 11.7 Å². The van der Waals surface area contributed by atoms with Gasteiger partial charge in [-0.3, -0.25) is 4.90 Å². The molecule has 1 aromatic rings. The standard InChI is InChI=1S/C19H28F3NO/c1-14(23-11-5-6-17(23)13-24-4)12-18(2,3)15-7-9-16(10-8-15)19(20,21)22/h7-10,14,17H,5-6,11-13H2,1-4H3/t14-,17+/m0/s1. The Morgan fingerprint density at radius 3 is 2.29 bits per heavy atom. The van der Waals surface area contributed by atoms with Crippen LogP contribution in [0.1, 0.15) is 51.2 Å². The van der Waals surface area contributed by atoms with E-state index in [2.05, 4.69) is 25.7 Å². The highest BCUT2D eigenvalue weighted by Gasteiger charge is 2.34. The van der Waals surface area contributed by atoms with Crippen molar-refractivity contribution in [3.8, 4) is 0 Å². The van der Waals surface area contributed by atoms with Gasteiger partial charge < -0.3 is 4.74 Å². The van der Waals surface area contributed by atoms with Crippen molar-refractivity contribution >= 4 is 0 Å².